The summed E-state index contributed by atoms with van der Waals surface area (Å²) < 4.78 is 10.2. The minimum Gasteiger partial charge on any atom is -0.507 e. The average molecular weight is 503 g/mol. The van der Waals surface area contributed by atoms with Crippen molar-refractivity contribution in [2.45, 2.75) is 13.0 Å². The third-order valence-corrected chi connectivity index (χ3v) is 5.90. The molecule has 0 radical (unpaired) electrons. The van der Waals surface area contributed by atoms with Crippen LogP contribution in [0.2, 0.25) is 5.02 Å². The summed E-state index contributed by atoms with van der Waals surface area (Å²) in [6.07, 6.45) is 0. The van der Waals surface area contributed by atoms with E-state index in [0.29, 0.717) is 22.6 Å². The molecule has 1 N–H and O–H groups in total. The average Bonchev–Trinajstić information content (AvgIpc) is 3.14. The third-order valence-electron chi connectivity index (χ3n) is 5.60. The summed E-state index contributed by atoms with van der Waals surface area (Å²) >= 11 is 6.22. The molecule has 8 nitrogen and oxygen atoms in total. The number of anilines is 1. The number of aliphatic hydroxyl groups excluding tert-OH is 1. The fourth-order valence-corrected chi connectivity index (χ4v) is 4.22. The van der Waals surface area contributed by atoms with Gasteiger partial charge in [0.15, 0.2) is 0 Å². The van der Waals surface area contributed by atoms with Crippen LogP contribution in [0.3, 0.4) is 0 Å². The Balaban J connectivity index is 1.89. The number of rotatable bonds is 5. The fourth-order valence-electron chi connectivity index (χ4n) is 3.96. The summed E-state index contributed by atoms with van der Waals surface area (Å²) in [5.74, 6) is -1.99. The number of esters is 1. The summed E-state index contributed by atoms with van der Waals surface area (Å²) in [5.41, 5.74) is 1.30. The van der Waals surface area contributed by atoms with Gasteiger partial charge in [-0.15, -0.1) is 0 Å². The Morgan fingerprint density at radius 1 is 1.06 bits per heavy atom. The largest absolute Gasteiger partial charge is 0.507 e. The maximum atomic E-state index is 13.2. The fraction of sp³-hybridized carbons (Fsp3) is 0.111. The molecule has 0 aromatic heterocycles. The Kier molecular flexibility index (Phi) is 6.77. The highest BCUT2D eigenvalue weighted by atomic mass is 35.5. The molecule has 1 aliphatic rings. The lowest BCUT2D eigenvalue weighted by atomic mass is 9.95. The Hall–Kier alpha value is -4.61. The van der Waals surface area contributed by atoms with Crippen molar-refractivity contribution >= 4 is 40.7 Å². The highest BCUT2D eigenvalue weighted by molar-refractivity contribution is 6.51. The first-order chi connectivity index (χ1) is 17.2. The monoisotopic (exact) mass is 502 g/mol. The maximum Gasteiger partial charge on any atom is 0.308 e. The summed E-state index contributed by atoms with van der Waals surface area (Å²) in [6, 6.07) is 17.9. The number of hydrogen-bond acceptors (Lipinski definition) is 7. The lowest BCUT2D eigenvalue weighted by Gasteiger charge is -2.25. The van der Waals surface area contributed by atoms with E-state index in [2.05, 4.69) is 0 Å². The van der Waals surface area contributed by atoms with Gasteiger partial charge in [-0.05, 0) is 60.2 Å². The molecule has 36 heavy (non-hydrogen) atoms. The number of ether oxygens (including phenoxy) is 2. The summed E-state index contributed by atoms with van der Waals surface area (Å²) in [7, 11) is 1.45. The second-order valence-corrected chi connectivity index (χ2v) is 8.25. The van der Waals surface area contributed by atoms with Crippen molar-refractivity contribution in [2.24, 2.45) is 0 Å². The molecular formula is C27H19ClN2O6. The SMILES string of the molecule is COc1ccc(/C(O)=C2/C(=O)C(=O)N(c3ccc(C#N)cc3)C2c2ccc(OC(C)=O)cc2)cc1Cl. The van der Waals surface area contributed by atoms with Crippen LogP contribution >= 0.6 is 11.6 Å². The van der Waals surface area contributed by atoms with Crippen LogP contribution in [0.5, 0.6) is 11.5 Å². The van der Waals surface area contributed by atoms with E-state index in [1.165, 1.54) is 61.4 Å². The van der Waals surface area contributed by atoms with Crippen LogP contribution in [0.25, 0.3) is 5.76 Å². The van der Waals surface area contributed by atoms with Gasteiger partial charge in [0.05, 0.1) is 35.4 Å². The van der Waals surface area contributed by atoms with Crippen LogP contribution < -0.4 is 14.4 Å². The molecule has 1 atom stereocenters. The van der Waals surface area contributed by atoms with E-state index in [4.69, 9.17) is 26.3 Å². The molecule has 3 aromatic carbocycles. The number of benzene rings is 3. The third kappa shape index (κ3) is 4.52. The second kappa shape index (κ2) is 9.94. The van der Waals surface area contributed by atoms with Gasteiger partial charge in [0, 0.05) is 18.2 Å². The van der Waals surface area contributed by atoms with Gasteiger partial charge >= 0.3 is 5.97 Å². The van der Waals surface area contributed by atoms with E-state index in [1.54, 1.807) is 24.3 Å². The maximum absolute atomic E-state index is 13.2. The van der Waals surface area contributed by atoms with E-state index in [1.807, 2.05) is 6.07 Å². The first kappa shape index (κ1) is 24.5. The highest BCUT2D eigenvalue weighted by Crippen LogP contribution is 2.43. The molecule has 4 rings (SSSR count). The van der Waals surface area contributed by atoms with Crippen molar-refractivity contribution in [1.29, 1.82) is 5.26 Å². The van der Waals surface area contributed by atoms with Crippen LogP contribution in [0.1, 0.15) is 29.7 Å². The standard InChI is InChI=1S/C27H19ClN2O6/c1-15(31)36-20-10-5-17(6-11-20)24-23(25(32)18-7-12-22(35-2)21(28)13-18)26(33)27(34)30(24)19-8-3-16(14-29)4-9-19/h3-13,24,32H,1-2H3/b25-23-. The molecule has 1 heterocycles. The Bertz CT molecular complexity index is 1440. The van der Waals surface area contributed by atoms with Gasteiger partial charge < -0.3 is 14.6 Å². The summed E-state index contributed by atoms with van der Waals surface area (Å²) in [4.78, 5) is 39.0. The zero-order valence-corrected chi connectivity index (χ0v) is 19.9. The molecule has 1 saturated heterocycles. The number of carbonyl (C=O) groups is 3. The lowest BCUT2D eigenvalue weighted by molar-refractivity contribution is -0.132. The van der Waals surface area contributed by atoms with Crippen LogP contribution in [0.4, 0.5) is 5.69 Å². The van der Waals surface area contributed by atoms with Gasteiger partial charge in [0.25, 0.3) is 11.7 Å². The van der Waals surface area contributed by atoms with Crippen LogP contribution in [-0.4, -0.2) is 29.9 Å². The first-order valence-electron chi connectivity index (χ1n) is 10.7. The van der Waals surface area contributed by atoms with Crippen molar-refractivity contribution in [3.05, 3.63) is 94.0 Å². The Morgan fingerprint density at radius 3 is 2.28 bits per heavy atom. The minimum absolute atomic E-state index is 0.147. The number of ketones is 1. The Labute approximate surface area is 211 Å². The number of nitrogens with zero attached hydrogens (tertiary/aromatic N) is 2. The van der Waals surface area contributed by atoms with Gasteiger partial charge in [-0.2, -0.15) is 5.26 Å². The van der Waals surface area contributed by atoms with Gasteiger partial charge in [-0.1, -0.05) is 23.7 Å². The number of amides is 1. The molecule has 1 amide bonds. The van der Waals surface area contributed by atoms with E-state index >= 15 is 0 Å². The van der Waals surface area contributed by atoms with E-state index in [9.17, 15) is 19.5 Å². The lowest BCUT2D eigenvalue weighted by Crippen LogP contribution is -2.29. The molecule has 1 fully saturated rings. The smallest absolute Gasteiger partial charge is 0.308 e. The topological polar surface area (TPSA) is 117 Å². The van der Waals surface area contributed by atoms with Crippen LogP contribution in [-0.2, 0) is 14.4 Å². The Morgan fingerprint density at radius 2 is 1.72 bits per heavy atom. The molecule has 9 heteroatoms. The van der Waals surface area contributed by atoms with Crippen molar-refractivity contribution in [3.8, 4) is 17.6 Å². The van der Waals surface area contributed by atoms with Crippen molar-refractivity contribution in [1.82, 2.24) is 0 Å². The van der Waals surface area contributed by atoms with Crippen molar-refractivity contribution in [2.75, 3.05) is 12.0 Å². The molecule has 1 unspecified atom stereocenters. The number of hydrogen-bond donors (Lipinski definition) is 1. The molecule has 0 aliphatic carbocycles. The quantitative estimate of drug-likeness (QED) is 0.175. The highest BCUT2D eigenvalue weighted by Gasteiger charge is 2.47. The molecule has 3 aromatic rings. The number of aliphatic hydroxyl groups is 1. The van der Waals surface area contributed by atoms with Crippen LogP contribution in [0.15, 0.2) is 72.3 Å². The number of Topliss-reactive ketones (excluding diaryl/α,β-unsaturated/α-hetero) is 1. The minimum atomic E-state index is -1.01. The van der Waals surface area contributed by atoms with E-state index in [0.717, 1.165) is 0 Å². The number of nitriles is 1. The molecule has 0 bridgehead atoms. The zero-order valence-electron chi connectivity index (χ0n) is 19.2. The number of halogens is 1. The molecule has 0 spiro atoms. The molecule has 0 saturated carbocycles. The van der Waals surface area contributed by atoms with Crippen molar-refractivity contribution < 1.29 is 29.0 Å². The van der Waals surface area contributed by atoms with Gasteiger partial charge in [-0.3, -0.25) is 19.3 Å². The van der Waals surface area contributed by atoms with E-state index < -0.39 is 29.5 Å². The van der Waals surface area contributed by atoms with E-state index in [-0.39, 0.29) is 21.9 Å². The molecule has 180 valence electrons. The second-order valence-electron chi connectivity index (χ2n) is 7.84. The summed E-state index contributed by atoms with van der Waals surface area (Å²) in [6.45, 7) is 1.27. The van der Waals surface area contributed by atoms with Crippen LogP contribution in [0, 0.1) is 11.3 Å². The normalized spacial score (nSPS) is 16.5. The number of carbonyl (C=O) groups excluding carboxylic acids is 3. The zero-order chi connectivity index (χ0) is 26.0. The first-order valence-corrected chi connectivity index (χ1v) is 11.1. The van der Waals surface area contributed by atoms with Gasteiger partial charge in [-0.25, -0.2) is 0 Å². The van der Waals surface area contributed by atoms with Gasteiger partial charge in [0.2, 0.25) is 0 Å². The predicted octanol–water partition coefficient (Wildman–Crippen LogP) is 4.77. The van der Waals surface area contributed by atoms with Gasteiger partial charge in [0.1, 0.15) is 17.3 Å². The molecular weight excluding hydrogens is 484 g/mol. The van der Waals surface area contributed by atoms with Crippen molar-refractivity contribution in [3.63, 3.8) is 0 Å². The number of methoxy groups -OCH3 is 1. The molecule has 1 aliphatic heterocycles. The summed E-state index contributed by atoms with van der Waals surface area (Å²) in [5, 5.41) is 20.6. The predicted molar refractivity (Wildman–Crippen MR) is 132 cm³/mol.